The van der Waals surface area contributed by atoms with E-state index in [0.29, 0.717) is 31.7 Å². The van der Waals surface area contributed by atoms with E-state index < -0.39 is 0 Å². The Bertz CT molecular complexity index is 521. The molecule has 23 heavy (non-hydrogen) atoms. The number of carbonyl (C=O) groups is 1. The van der Waals surface area contributed by atoms with Crippen LogP contribution in [0.2, 0.25) is 0 Å². The molecule has 0 aliphatic carbocycles. The van der Waals surface area contributed by atoms with Crippen LogP contribution < -0.4 is 11.1 Å². The first kappa shape index (κ1) is 18.3. The van der Waals surface area contributed by atoms with Crippen molar-refractivity contribution in [3.05, 3.63) is 34.1 Å². The van der Waals surface area contributed by atoms with Crippen LogP contribution in [0.4, 0.5) is 4.39 Å². The molecule has 0 bridgehead atoms. The van der Waals surface area contributed by atoms with Crippen LogP contribution in [-0.2, 0) is 11.3 Å². The summed E-state index contributed by atoms with van der Waals surface area (Å²) in [6.45, 7) is 5.58. The summed E-state index contributed by atoms with van der Waals surface area (Å²) in [5, 5.41) is 2.87. The van der Waals surface area contributed by atoms with Gasteiger partial charge in [0, 0.05) is 49.3 Å². The monoisotopic (exact) mass is 386 g/mol. The van der Waals surface area contributed by atoms with Crippen molar-refractivity contribution in [2.24, 2.45) is 5.73 Å². The number of amides is 1. The van der Waals surface area contributed by atoms with Crippen LogP contribution in [0.5, 0.6) is 0 Å². The van der Waals surface area contributed by atoms with E-state index >= 15 is 0 Å². The van der Waals surface area contributed by atoms with Gasteiger partial charge >= 0.3 is 0 Å². The average molecular weight is 387 g/mol. The van der Waals surface area contributed by atoms with Crippen LogP contribution >= 0.6 is 15.9 Å². The summed E-state index contributed by atoms with van der Waals surface area (Å²) in [4.78, 5) is 16.1. The third kappa shape index (κ3) is 6.18. The highest BCUT2D eigenvalue weighted by Crippen LogP contribution is 2.17. The third-order valence-electron chi connectivity index (χ3n) is 3.94. The minimum Gasteiger partial charge on any atom is -0.355 e. The molecule has 1 aliphatic rings. The summed E-state index contributed by atoms with van der Waals surface area (Å²) in [6, 6.07) is 5.17. The van der Waals surface area contributed by atoms with E-state index in [1.807, 2.05) is 12.1 Å². The Kier molecular flexibility index (Phi) is 7.42. The summed E-state index contributed by atoms with van der Waals surface area (Å²) < 4.78 is 14.6. The number of halogens is 2. The molecular formula is C16H24BrFN4O. The van der Waals surface area contributed by atoms with Crippen molar-refractivity contribution in [1.82, 2.24) is 15.1 Å². The maximum absolute atomic E-state index is 13.9. The first-order valence-corrected chi connectivity index (χ1v) is 8.73. The topological polar surface area (TPSA) is 61.6 Å². The van der Waals surface area contributed by atoms with Crippen LogP contribution in [-0.4, -0.2) is 61.5 Å². The molecular weight excluding hydrogens is 363 g/mol. The van der Waals surface area contributed by atoms with Gasteiger partial charge in [0.1, 0.15) is 5.82 Å². The molecule has 0 atom stereocenters. The average Bonchev–Trinajstić information content (AvgIpc) is 2.52. The normalized spacial score (nSPS) is 16.5. The zero-order valence-electron chi connectivity index (χ0n) is 13.2. The lowest BCUT2D eigenvalue weighted by molar-refractivity contribution is -0.122. The van der Waals surface area contributed by atoms with Crippen molar-refractivity contribution in [3.8, 4) is 0 Å². The minimum absolute atomic E-state index is 0.0471. The zero-order chi connectivity index (χ0) is 16.7. The number of carbonyl (C=O) groups excluding carboxylic acids is 1. The van der Waals surface area contributed by atoms with Crippen molar-refractivity contribution < 1.29 is 9.18 Å². The van der Waals surface area contributed by atoms with Gasteiger partial charge in [-0.05, 0) is 25.1 Å². The molecule has 0 unspecified atom stereocenters. The van der Waals surface area contributed by atoms with Gasteiger partial charge in [-0.2, -0.15) is 0 Å². The highest BCUT2D eigenvalue weighted by Gasteiger charge is 2.19. The number of benzene rings is 1. The SMILES string of the molecule is NCCCNC(=O)CN1CCN(Cc2ccc(Br)cc2F)CC1. The molecule has 1 fully saturated rings. The van der Waals surface area contributed by atoms with Gasteiger partial charge in [-0.1, -0.05) is 22.0 Å². The second-order valence-corrected chi connectivity index (χ2v) is 6.70. The Balaban J connectivity index is 1.72. The van der Waals surface area contributed by atoms with Crippen LogP contribution in [0, 0.1) is 5.82 Å². The van der Waals surface area contributed by atoms with Gasteiger partial charge in [0.05, 0.1) is 6.54 Å². The lowest BCUT2D eigenvalue weighted by atomic mass is 10.2. The summed E-state index contributed by atoms with van der Waals surface area (Å²) in [7, 11) is 0. The van der Waals surface area contributed by atoms with E-state index in [9.17, 15) is 9.18 Å². The number of nitrogens with two attached hydrogens (primary N) is 1. The zero-order valence-corrected chi connectivity index (χ0v) is 14.8. The van der Waals surface area contributed by atoms with Crippen LogP contribution in [0.3, 0.4) is 0 Å². The first-order valence-electron chi connectivity index (χ1n) is 7.94. The van der Waals surface area contributed by atoms with Gasteiger partial charge < -0.3 is 11.1 Å². The van der Waals surface area contributed by atoms with Crippen LogP contribution in [0.15, 0.2) is 22.7 Å². The summed E-state index contributed by atoms with van der Waals surface area (Å²) in [5.74, 6) is -0.132. The fraction of sp³-hybridized carbons (Fsp3) is 0.562. The number of hydrogen-bond donors (Lipinski definition) is 2. The van der Waals surface area contributed by atoms with Gasteiger partial charge in [0.2, 0.25) is 5.91 Å². The molecule has 1 saturated heterocycles. The Labute approximate surface area is 145 Å². The fourth-order valence-electron chi connectivity index (χ4n) is 2.59. The summed E-state index contributed by atoms with van der Waals surface area (Å²) in [5.41, 5.74) is 6.11. The fourth-order valence-corrected chi connectivity index (χ4v) is 2.92. The molecule has 0 aromatic heterocycles. The molecule has 7 heteroatoms. The summed E-state index contributed by atoms with van der Waals surface area (Å²) in [6.07, 6.45) is 0.804. The Hall–Kier alpha value is -1.02. The van der Waals surface area contributed by atoms with E-state index in [0.717, 1.165) is 37.1 Å². The number of nitrogens with one attached hydrogen (secondary N) is 1. The molecule has 0 radical (unpaired) electrons. The second kappa shape index (κ2) is 9.32. The standard InChI is InChI=1S/C16H24BrFN4O/c17-14-3-2-13(15(18)10-14)11-21-6-8-22(9-7-21)12-16(23)20-5-1-4-19/h2-3,10H,1,4-9,11-12,19H2,(H,20,23). The van der Waals surface area contributed by atoms with Crippen molar-refractivity contribution in [1.29, 1.82) is 0 Å². The Morgan fingerprint density at radius 1 is 1.26 bits per heavy atom. The van der Waals surface area contributed by atoms with Crippen LogP contribution in [0.1, 0.15) is 12.0 Å². The van der Waals surface area contributed by atoms with Gasteiger partial charge in [-0.25, -0.2) is 4.39 Å². The van der Waals surface area contributed by atoms with E-state index in [2.05, 4.69) is 31.0 Å². The second-order valence-electron chi connectivity index (χ2n) is 5.78. The lowest BCUT2D eigenvalue weighted by Gasteiger charge is -2.34. The molecule has 128 valence electrons. The first-order chi connectivity index (χ1) is 11.1. The van der Waals surface area contributed by atoms with Gasteiger partial charge in [0.15, 0.2) is 0 Å². The van der Waals surface area contributed by atoms with Crippen molar-refractivity contribution in [2.75, 3.05) is 45.8 Å². The van der Waals surface area contributed by atoms with Crippen molar-refractivity contribution >= 4 is 21.8 Å². The van der Waals surface area contributed by atoms with Gasteiger partial charge in [0.25, 0.3) is 0 Å². The predicted molar refractivity (Wildman–Crippen MR) is 92.5 cm³/mol. The molecule has 2 rings (SSSR count). The van der Waals surface area contributed by atoms with Crippen molar-refractivity contribution in [2.45, 2.75) is 13.0 Å². The van der Waals surface area contributed by atoms with E-state index in [1.54, 1.807) is 0 Å². The van der Waals surface area contributed by atoms with E-state index in [1.165, 1.54) is 6.07 Å². The number of rotatable bonds is 7. The van der Waals surface area contributed by atoms with Gasteiger partial charge in [-0.15, -0.1) is 0 Å². The number of piperazine rings is 1. The minimum atomic E-state index is -0.180. The third-order valence-corrected chi connectivity index (χ3v) is 4.44. The molecule has 1 aromatic carbocycles. The quantitative estimate of drug-likeness (QED) is 0.690. The molecule has 0 saturated carbocycles. The molecule has 0 spiro atoms. The molecule has 1 heterocycles. The predicted octanol–water partition coefficient (Wildman–Crippen LogP) is 1.17. The molecule has 5 nitrogen and oxygen atoms in total. The largest absolute Gasteiger partial charge is 0.355 e. The molecule has 3 N–H and O–H groups in total. The van der Waals surface area contributed by atoms with Crippen molar-refractivity contribution in [3.63, 3.8) is 0 Å². The number of nitrogens with zero attached hydrogens (tertiary/aromatic N) is 2. The maximum Gasteiger partial charge on any atom is 0.234 e. The van der Waals surface area contributed by atoms with Gasteiger partial charge in [-0.3, -0.25) is 14.6 Å². The smallest absolute Gasteiger partial charge is 0.234 e. The molecule has 1 aromatic rings. The maximum atomic E-state index is 13.9. The van der Waals surface area contributed by atoms with E-state index in [4.69, 9.17) is 5.73 Å². The van der Waals surface area contributed by atoms with Crippen LogP contribution in [0.25, 0.3) is 0 Å². The highest BCUT2D eigenvalue weighted by molar-refractivity contribution is 9.10. The Morgan fingerprint density at radius 2 is 1.96 bits per heavy atom. The molecule has 1 aliphatic heterocycles. The summed E-state index contributed by atoms with van der Waals surface area (Å²) >= 11 is 3.27. The highest BCUT2D eigenvalue weighted by atomic mass is 79.9. The lowest BCUT2D eigenvalue weighted by Crippen LogP contribution is -2.49. The van der Waals surface area contributed by atoms with E-state index in [-0.39, 0.29) is 11.7 Å². The molecule has 1 amide bonds. The Morgan fingerprint density at radius 3 is 2.61 bits per heavy atom. The number of hydrogen-bond acceptors (Lipinski definition) is 4.